The fourth-order valence-electron chi connectivity index (χ4n) is 2.42. The highest BCUT2D eigenvalue weighted by Crippen LogP contribution is 2.18. The first-order valence-electron chi connectivity index (χ1n) is 6.29. The molecular formula is C14H19N2+. The minimum atomic E-state index is 1.24. The molecule has 0 atom stereocenters. The number of likely N-dealkylation sites (tertiary alicyclic amines) is 1. The molecule has 0 N–H and O–H groups in total. The van der Waals surface area contributed by atoms with Crippen molar-refractivity contribution in [2.45, 2.75) is 19.8 Å². The Hall–Kier alpha value is -1.31. The summed E-state index contributed by atoms with van der Waals surface area (Å²) in [6.45, 7) is 7.16. The van der Waals surface area contributed by atoms with Gasteiger partial charge in [-0.1, -0.05) is 18.2 Å². The van der Waals surface area contributed by atoms with E-state index in [4.69, 9.17) is 0 Å². The van der Waals surface area contributed by atoms with Crippen LogP contribution in [-0.4, -0.2) is 41.5 Å². The third-order valence-electron chi connectivity index (χ3n) is 3.70. The molecule has 2 nitrogen and oxygen atoms in total. The zero-order chi connectivity index (χ0) is 11.0. The molecule has 0 aliphatic carbocycles. The van der Waals surface area contributed by atoms with Crippen LogP contribution in [0.25, 0.3) is 0 Å². The van der Waals surface area contributed by atoms with Gasteiger partial charge in [0.25, 0.3) is 5.84 Å². The second-order valence-electron chi connectivity index (χ2n) is 4.82. The maximum absolute atomic E-state index is 2.53. The van der Waals surface area contributed by atoms with E-state index in [1.54, 1.807) is 0 Å². The third-order valence-corrected chi connectivity index (χ3v) is 3.70. The van der Waals surface area contributed by atoms with E-state index in [0.29, 0.717) is 0 Å². The zero-order valence-electron chi connectivity index (χ0n) is 9.95. The van der Waals surface area contributed by atoms with Crippen LogP contribution in [0.5, 0.6) is 0 Å². The Kier molecular flexibility index (Phi) is 2.43. The van der Waals surface area contributed by atoms with Gasteiger partial charge in [-0.3, -0.25) is 9.48 Å². The van der Waals surface area contributed by atoms with Gasteiger partial charge in [0.2, 0.25) is 0 Å². The fourth-order valence-corrected chi connectivity index (χ4v) is 2.42. The molecule has 2 heterocycles. The van der Waals surface area contributed by atoms with E-state index in [2.05, 4.69) is 40.7 Å². The van der Waals surface area contributed by atoms with E-state index in [-0.39, 0.29) is 0 Å². The quantitative estimate of drug-likeness (QED) is 0.512. The number of aryl methyl sites for hydroxylation is 1. The van der Waals surface area contributed by atoms with Gasteiger partial charge in [-0.15, -0.1) is 0 Å². The number of hydrogen-bond acceptors (Lipinski definition) is 0. The number of amidine groups is 1. The molecule has 2 aliphatic rings. The third kappa shape index (κ3) is 1.53. The summed E-state index contributed by atoms with van der Waals surface area (Å²) in [6, 6.07) is 8.76. The van der Waals surface area contributed by atoms with Gasteiger partial charge in [-0.05, 0) is 18.6 Å². The molecule has 0 radical (unpaired) electrons. The Morgan fingerprint density at radius 3 is 2.38 bits per heavy atom. The van der Waals surface area contributed by atoms with Crippen molar-refractivity contribution in [3.05, 3.63) is 35.4 Å². The summed E-state index contributed by atoms with van der Waals surface area (Å²) in [4.78, 5) is 2.53. The molecule has 0 amide bonds. The molecule has 3 rings (SSSR count). The first-order chi connectivity index (χ1) is 7.86. The number of benzene rings is 1. The molecular weight excluding hydrogens is 196 g/mol. The smallest absolute Gasteiger partial charge is 0.261 e. The van der Waals surface area contributed by atoms with Crippen molar-refractivity contribution in [3.63, 3.8) is 0 Å². The maximum Gasteiger partial charge on any atom is 0.279 e. The van der Waals surface area contributed by atoms with Crippen LogP contribution in [0, 0.1) is 6.92 Å². The van der Waals surface area contributed by atoms with Gasteiger partial charge < -0.3 is 0 Å². The van der Waals surface area contributed by atoms with Crippen LogP contribution in [0.1, 0.15) is 24.0 Å². The van der Waals surface area contributed by atoms with E-state index >= 15 is 0 Å². The minimum Gasteiger partial charge on any atom is -0.261 e. The lowest BCUT2D eigenvalue weighted by atomic mass is 10.0. The van der Waals surface area contributed by atoms with E-state index in [9.17, 15) is 0 Å². The first-order valence-corrected chi connectivity index (χ1v) is 6.29. The van der Waals surface area contributed by atoms with Crippen molar-refractivity contribution in [2.24, 2.45) is 0 Å². The van der Waals surface area contributed by atoms with Crippen molar-refractivity contribution < 1.29 is 4.58 Å². The van der Waals surface area contributed by atoms with E-state index in [0.717, 1.165) is 0 Å². The monoisotopic (exact) mass is 215 g/mol. The molecule has 2 fully saturated rings. The van der Waals surface area contributed by atoms with Gasteiger partial charge >= 0.3 is 0 Å². The number of nitrogens with zero attached hydrogens (tertiary/aromatic N) is 2. The summed E-state index contributed by atoms with van der Waals surface area (Å²) < 4.78 is 2.53. The molecule has 0 saturated carbocycles. The van der Waals surface area contributed by atoms with Crippen LogP contribution >= 0.6 is 0 Å². The van der Waals surface area contributed by atoms with Crippen LogP contribution in [0.2, 0.25) is 0 Å². The van der Waals surface area contributed by atoms with E-state index in [1.807, 2.05) is 0 Å². The zero-order valence-corrected chi connectivity index (χ0v) is 9.95. The van der Waals surface area contributed by atoms with Crippen molar-refractivity contribution in [1.29, 1.82) is 0 Å². The van der Waals surface area contributed by atoms with Crippen molar-refractivity contribution in [1.82, 2.24) is 4.90 Å². The SMILES string of the molecule is Cc1ccccc1C(N1CCC1)=[N+]1CCC1. The lowest BCUT2D eigenvalue weighted by molar-refractivity contribution is -0.587. The molecule has 2 heteroatoms. The van der Waals surface area contributed by atoms with Crippen molar-refractivity contribution in [2.75, 3.05) is 26.2 Å². The standard InChI is InChI=1S/C14H19N2/c1-12-6-2-3-7-13(12)14(15-8-4-9-15)16-10-5-11-16/h2-3,6-7H,4-5,8-11H2,1H3/q+1. The van der Waals surface area contributed by atoms with Crippen LogP contribution in [0.3, 0.4) is 0 Å². The van der Waals surface area contributed by atoms with Crippen molar-refractivity contribution in [3.8, 4) is 0 Å². The highest BCUT2D eigenvalue weighted by molar-refractivity contribution is 5.96. The lowest BCUT2D eigenvalue weighted by Gasteiger charge is -2.32. The Labute approximate surface area is 97.2 Å². The van der Waals surface area contributed by atoms with Gasteiger partial charge in [0.15, 0.2) is 0 Å². The molecule has 2 saturated heterocycles. The lowest BCUT2D eigenvalue weighted by Crippen LogP contribution is -2.50. The van der Waals surface area contributed by atoms with Crippen LogP contribution in [0.4, 0.5) is 0 Å². The number of rotatable bonds is 1. The molecule has 84 valence electrons. The predicted molar refractivity (Wildman–Crippen MR) is 66.1 cm³/mol. The Balaban J connectivity index is 2.03. The van der Waals surface area contributed by atoms with Crippen LogP contribution in [0.15, 0.2) is 24.3 Å². The first kappa shape index (κ1) is 9.88. The normalized spacial score (nSPS) is 19.1. The molecule has 1 aromatic carbocycles. The van der Waals surface area contributed by atoms with Crippen LogP contribution < -0.4 is 0 Å². The highest BCUT2D eigenvalue weighted by Gasteiger charge is 2.32. The van der Waals surface area contributed by atoms with Gasteiger partial charge in [0.1, 0.15) is 0 Å². The Morgan fingerprint density at radius 2 is 1.88 bits per heavy atom. The maximum atomic E-state index is 2.53. The molecule has 16 heavy (non-hydrogen) atoms. The summed E-state index contributed by atoms with van der Waals surface area (Å²) in [6.07, 6.45) is 2.70. The van der Waals surface area contributed by atoms with E-state index < -0.39 is 0 Å². The predicted octanol–water partition coefficient (Wildman–Crippen LogP) is 1.86. The van der Waals surface area contributed by atoms with E-state index in [1.165, 1.54) is 56.0 Å². The van der Waals surface area contributed by atoms with Gasteiger partial charge in [0.05, 0.1) is 31.7 Å². The van der Waals surface area contributed by atoms with Crippen LogP contribution in [-0.2, 0) is 0 Å². The molecule has 0 spiro atoms. The molecule has 0 bridgehead atoms. The van der Waals surface area contributed by atoms with Gasteiger partial charge in [-0.2, -0.15) is 0 Å². The summed E-state index contributed by atoms with van der Waals surface area (Å²) in [5, 5.41) is 0. The van der Waals surface area contributed by atoms with Crippen molar-refractivity contribution >= 4 is 5.84 Å². The highest BCUT2D eigenvalue weighted by atomic mass is 15.3. The average Bonchev–Trinajstić information content (AvgIpc) is 2.12. The topological polar surface area (TPSA) is 6.25 Å². The van der Waals surface area contributed by atoms with Gasteiger partial charge in [0, 0.05) is 12.8 Å². The minimum absolute atomic E-state index is 1.24. The van der Waals surface area contributed by atoms with Gasteiger partial charge in [-0.25, -0.2) is 0 Å². The molecule has 0 unspecified atom stereocenters. The Bertz CT molecular complexity index is 424. The number of hydrogen-bond donors (Lipinski definition) is 0. The largest absolute Gasteiger partial charge is 0.279 e. The molecule has 2 aliphatic heterocycles. The second kappa shape index (κ2) is 3.93. The summed E-state index contributed by atoms with van der Waals surface area (Å²) in [5.41, 5.74) is 2.83. The summed E-state index contributed by atoms with van der Waals surface area (Å²) >= 11 is 0. The molecule has 0 aromatic heterocycles. The molecule has 1 aromatic rings. The average molecular weight is 215 g/mol. The fraction of sp³-hybridized carbons (Fsp3) is 0.500. The summed E-state index contributed by atoms with van der Waals surface area (Å²) in [7, 11) is 0. The second-order valence-corrected chi connectivity index (χ2v) is 4.82. The Morgan fingerprint density at radius 1 is 1.12 bits per heavy atom. The summed E-state index contributed by atoms with van der Waals surface area (Å²) in [5.74, 6) is 1.48.